The molecule has 0 N–H and O–H groups in total. The Hall–Kier alpha value is -1.91. The van der Waals surface area contributed by atoms with E-state index in [4.69, 9.17) is 9.47 Å². The van der Waals surface area contributed by atoms with E-state index in [2.05, 4.69) is 0 Å². The normalized spacial score (nSPS) is 18.0. The van der Waals surface area contributed by atoms with Crippen LogP contribution < -0.4 is 0 Å². The lowest BCUT2D eigenvalue weighted by Crippen LogP contribution is -2.48. The lowest BCUT2D eigenvalue weighted by molar-refractivity contribution is -0.210. The molecule has 0 radical (unpaired) electrons. The molecule has 0 saturated heterocycles. The number of hydrogen-bond donors (Lipinski definition) is 0. The molecule has 5 nitrogen and oxygen atoms in total. The fraction of sp³-hybridized carbons (Fsp3) is 0.417. The Morgan fingerprint density at radius 1 is 1.06 bits per heavy atom. The zero-order valence-electron chi connectivity index (χ0n) is 10.2. The van der Waals surface area contributed by atoms with Gasteiger partial charge in [-0.3, -0.25) is 14.4 Å². The van der Waals surface area contributed by atoms with Crippen LogP contribution in [0.2, 0.25) is 0 Å². The number of rotatable bonds is 2. The van der Waals surface area contributed by atoms with Gasteiger partial charge in [-0.05, 0) is 25.5 Å². The average molecular weight is 238 g/mol. The number of esters is 2. The van der Waals surface area contributed by atoms with E-state index < -0.39 is 23.5 Å². The number of carbonyl (C=O) groups is 3. The number of allylic oxidation sites excluding steroid dienone is 2. The number of ketones is 1. The topological polar surface area (TPSA) is 69.7 Å². The Balaban J connectivity index is 3.23. The highest BCUT2D eigenvalue weighted by atomic mass is 16.7. The van der Waals surface area contributed by atoms with E-state index in [1.807, 2.05) is 0 Å². The van der Waals surface area contributed by atoms with Crippen molar-refractivity contribution in [3.05, 3.63) is 23.3 Å². The van der Waals surface area contributed by atoms with Gasteiger partial charge in [0.2, 0.25) is 5.78 Å². The van der Waals surface area contributed by atoms with Crippen LogP contribution in [0.4, 0.5) is 0 Å². The summed E-state index contributed by atoms with van der Waals surface area (Å²) in [5.41, 5.74) is 1.08. The number of ether oxygens (including phenoxy) is 2. The molecule has 0 aromatic rings. The van der Waals surface area contributed by atoms with Gasteiger partial charge in [-0.1, -0.05) is 6.08 Å². The molecule has 0 aromatic carbocycles. The molecule has 5 heteroatoms. The SMILES string of the molecule is CC(=O)OC1(OC(C)=O)C(=O)C=C(C)C=C1C. The molecular formula is C12H14O5. The maximum Gasteiger partial charge on any atom is 0.343 e. The molecule has 0 atom stereocenters. The lowest BCUT2D eigenvalue weighted by atomic mass is 9.93. The molecule has 0 heterocycles. The second kappa shape index (κ2) is 4.53. The summed E-state index contributed by atoms with van der Waals surface area (Å²) in [4.78, 5) is 34.1. The fourth-order valence-corrected chi connectivity index (χ4v) is 1.66. The quantitative estimate of drug-likeness (QED) is 0.535. The van der Waals surface area contributed by atoms with Crippen molar-refractivity contribution in [1.82, 2.24) is 0 Å². The number of carbonyl (C=O) groups excluding carboxylic acids is 3. The van der Waals surface area contributed by atoms with Crippen LogP contribution in [0, 0.1) is 0 Å². The fourth-order valence-electron chi connectivity index (χ4n) is 1.66. The first-order valence-corrected chi connectivity index (χ1v) is 5.08. The summed E-state index contributed by atoms with van der Waals surface area (Å²) in [6.45, 7) is 5.60. The molecule has 0 fully saturated rings. The van der Waals surface area contributed by atoms with Crippen molar-refractivity contribution < 1.29 is 23.9 Å². The predicted octanol–water partition coefficient (Wildman–Crippen LogP) is 1.28. The second-order valence-electron chi connectivity index (χ2n) is 3.88. The van der Waals surface area contributed by atoms with E-state index in [-0.39, 0.29) is 0 Å². The van der Waals surface area contributed by atoms with Crippen LogP contribution in [0.5, 0.6) is 0 Å². The van der Waals surface area contributed by atoms with E-state index in [1.54, 1.807) is 19.9 Å². The van der Waals surface area contributed by atoms with Gasteiger partial charge in [0, 0.05) is 19.4 Å². The van der Waals surface area contributed by atoms with E-state index >= 15 is 0 Å². The van der Waals surface area contributed by atoms with Gasteiger partial charge in [0.05, 0.1) is 0 Å². The first kappa shape index (κ1) is 13.2. The van der Waals surface area contributed by atoms with Gasteiger partial charge in [0.25, 0.3) is 0 Å². The molecule has 0 amide bonds. The van der Waals surface area contributed by atoms with Gasteiger partial charge in [-0.15, -0.1) is 0 Å². The van der Waals surface area contributed by atoms with E-state index in [0.717, 1.165) is 13.8 Å². The van der Waals surface area contributed by atoms with Crippen LogP contribution in [-0.4, -0.2) is 23.5 Å². The minimum absolute atomic E-state index is 0.368. The summed E-state index contributed by atoms with van der Waals surface area (Å²) >= 11 is 0. The molecule has 17 heavy (non-hydrogen) atoms. The van der Waals surface area contributed by atoms with Crippen LogP contribution in [0.3, 0.4) is 0 Å². The Kier molecular flexibility index (Phi) is 3.50. The molecule has 0 bridgehead atoms. The monoisotopic (exact) mass is 238 g/mol. The summed E-state index contributed by atoms with van der Waals surface area (Å²) in [5.74, 6) is -3.89. The predicted molar refractivity (Wildman–Crippen MR) is 58.8 cm³/mol. The van der Waals surface area contributed by atoms with Crippen molar-refractivity contribution in [1.29, 1.82) is 0 Å². The molecule has 0 saturated carbocycles. The van der Waals surface area contributed by atoms with E-state index in [1.165, 1.54) is 6.08 Å². The maximum atomic E-state index is 11.9. The largest absolute Gasteiger partial charge is 0.411 e. The third-order valence-corrected chi connectivity index (χ3v) is 2.22. The first-order chi connectivity index (χ1) is 7.78. The molecule has 1 rings (SSSR count). The Bertz CT molecular complexity index is 426. The first-order valence-electron chi connectivity index (χ1n) is 5.08. The van der Waals surface area contributed by atoms with Gasteiger partial charge in [-0.2, -0.15) is 0 Å². The van der Waals surface area contributed by atoms with Crippen molar-refractivity contribution in [3.8, 4) is 0 Å². The Labute approximate surface area is 99.1 Å². The summed E-state index contributed by atoms with van der Waals surface area (Å²) in [6.07, 6.45) is 2.91. The third kappa shape index (κ3) is 2.61. The van der Waals surface area contributed by atoms with E-state index in [9.17, 15) is 14.4 Å². The van der Waals surface area contributed by atoms with Crippen LogP contribution in [0.1, 0.15) is 27.7 Å². The Morgan fingerprint density at radius 2 is 1.53 bits per heavy atom. The van der Waals surface area contributed by atoms with Gasteiger partial charge in [0.15, 0.2) is 0 Å². The smallest absolute Gasteiger partial charge is 0.343 e. The van der Waals surface area contributed by atoms with Gasteiger partial charge < -0.3 is 9.47 Å². The molecule has 1 aliphatic carbocycles. The second-order valence-corrected chi connectivity index (χ2v) is 3.88. The highest BCUT2D eigenvalue weighted by Crippen LogP contribution is 2.30. The highest BCUT2D eigenvalue weighted by molar-refractivity contribution is 6.02. The molecule has 0 unspecified atom stereocenters. The van der Waals surface area contributed by atoms with Crippen molar-refractivity contribution in [2.75, 3.05) is 0 Å². The Morgan fingerprint density at radius 3 is 1.88 bits per heavy atom. The molecule has 0 spiro atoms. The van der Waals surface area contributed by atoms with Crippen LogP contribution in [-0.2, 0) is 23.9 Å². The third-order valence-electron chi connectivity index (χ3n) is 2.22. The molecule has 0 aromatic heterocycles. The summed E-state index contributed by atoms with van der Waals surface area (Å²) < 4.78 is 9.84. The maximum absolute atomic E-state index is 11.9. The summed E-state index contributed by atoms with van der Waals surface area (Å²) in [7, 11) is 0. The van der Waals surface area contributed by atoms with Gasteiger partial charge in [0.1, 0.15) is 0 Å². The number of hydrogen-bond acceptors (Lipinski definition) is 5. The van der Waals surface area contributed by atoms with Crippen LogP contribution >= 0.6 is 0 Å². The summed E-state index contributed by atoms with van der Waals surface area (Å²) in [5, 5.41) is 0. The summed E-state index contributed by atoms with van der Waals surface area (Å²) in [6, 6.07) is 0. The average Bonchev–Trinajstić information content (AvgIpc) is 2.12. The molecule has 0 aliphatic heterocycles. The van der Waals surface area contributed by atoms with Crippen LogP contribution in [0.25, 0.3) is 0 Å². The zero-order chi connectivity index (χ0) is 13.2. The standard InChI is InChI=1S/C12H14O5/c1-7-5-8(2)12(11(15)6-7,16-9(3)13)17-10(4)14/h5-6H,1-4H3. The van der Waals surface area contributed by atoms with Crippen molar-refractivity contribution in [3.63, 3.8) is 0 Å². The van der Waals surface area contributed by atoms with Gasteiger partial charge >= 0.3 is 17.7 Å². The zero-order valence-corrected chi connectivity index (χ0v) is 10.2. The van der Waals surface area contributed by atoms with Crippen molar-refractivity contribution in [2.45, 2.75) is 33.5 Å². The van der Waals surface area contributed by atoms with E-state index in [0.29, 0.717) is 11.1 Å². The van der Waals surface area contributed by atoms with Gasteiger partial charge in [-0.25, -0.2) is 0 Å². The van der Waals surface area contributed by atoms with Crippen molar-refractivity contribution in [2.24, 2.45) is 0 Å². The minimum Gasteiger partial charge on any atom is -0.411 e. The molecular weight excluding hydrogens is 224 g/mol. The molecule has 1 aliphatic rings. The van der Waals surface area contributed by atoms with Crippen molar-refractivity contribution >= 4 is 17.7 Å². The van der Waals surface area contributed by atoms with Crippen LogP contribution in [0.15, 0.2) is 23.3 Å². The molecule has 92 valence electrons. The minimum atomic E-state index is -1.93. The highest BCUT2D eigenvalue weighted by Gasteiger charge is 2.47. The lowest BCUT2D eigenvalue weighted by Gasteiger charge is -2.32.